The number of carbonyl (C=O) groups is 1. The molecule has 1 aromatic carbocycles. The lowest BCUT2D eigenvalue weighted by Crippen LogP contribution is -2.44. The van der Waals surface area contributed by atoms with E-state index in [9.17, 15) is 19.5 Å². The summed E-state index contributed by atoms with van der Waals surface area (Å²) in [6, 6.07) is 7.47. The number of fused-ring (bicyclic) bond motifs is 3. The predicted molar refractivity (Wildman–Crippen MR) is 103 cm³/mol. The number of aliphatic carboxylic acids is 1. The van der Waals surface area contributed by atoms with Gasteiger partial charge in [-0.05, 0) is 30.2 Å². The molecule has 1 atom stereocenters. The molecule has 0 spiro atoms. The largest absolute Gasteiger partial charge is 0.548 e. The van der Waals surface area contributed by atoms with E-state index in [2.05, 4.69) is 4.98 Å². The summed E-state index contributed by atoms with van der Waals surface area (Å²) in [7, 11) is 3.06. The summed E-state index contributed by atoms with van der Waals surface area (Å²) in [5.74, 6) is -0.0650. The molecule has 0 bridgehead atoms. The predicted octanol–water partition coefficient (Wildman–Crippen LogP) is -0.557. The smallest absolute Gasteiger partial charge is 0.332 e. The molecule has 29 heavy (non-hydrogen) atoms. The van der Waals surface area contributed by atoms with Crippen molar-refractivity contribution in [1.29, 1.82) is 0 Å². The molecule has 0 aliphatic carbocycles. The number of benzene rings is 1. The second-order valence-electron chi connectivity index (χ2n) is 7.21. The quantitative estimate of drug-likeness (QED) is 0.579. The Hall–Kier alpha value is -3.56. The Kier molecular flexibility index (Phi) is 4.40. The molecule has 10 nitrogen and oxygen atoms in total. The van der Waals surface area contributed by atoms with Crippen LogP contribution < -0.4 is 26.0 Å². The highest BCUT2D eigenvalue weighted by Gasteiger charge is 2.29. The van der Waals surface area contributed by atoms with Gasteiger partial charge in [-0.25, -0.2) is 4.79 Å². The number of carboxylic acid groups (broad SMARTS) is 1. The highest BCUT2D eigenvalue weighted by molar-refractivity contribution is 5.77. The number of methoxy groups -OCH3 is 1. The van der Waals surface area contributed by atoms with Gasteiger partial charge in [0, 0.05) is 25.8 Å². The van der Waals surface area contributed by atoms with Crippen molar-refractivity contribution in [1.82, 2.24) is 18.7 Å². The van der Waals surface area contributed by atoms with Crippen LogP contribution in [-0.4, -0.2) is 38.3 Å². The SMILES string of the molecule is COc1ccc(N2C[C@H](C)Cn3c2nc2c3c(=O)n(CC(=O)[O-])c(=O)n2C)cc1. The highest BCUT2D eigenvalue weighted by Crippen LogP contribution is 2.33. The molecule has 0 saturated carbocycles. The maximum Gasteiger partial charge on any atom is 0.332 e. The second kappa shape index (κ2) is 6.80. The van der Waals surface area contributed by atoms with Crippen LogP contribution in [-0.2, 0) is 24.9 Å². The number of aromatic nitrogens is 4. The number of carbonyl (C=O) groups excluding carboxylic acids is 1. The molecule has 0 N–H and O–H groups in total. The zero-order chi connectivity index (χ0) is 20.9. The Balaban J connectivity index is 1.96. The lowest BCUT2D eigenvalue weighted by molar-refractivity contribution is -0.306. The fourth-order valence-corrected chi connectivity index (χ4v) is 3.75. The molecule has 3 heterocycles. The van der Waals surface area contributed by atoms with Gasteiger partial charge in [-0.2, -0.15) is 4.98 Å². The number of rotatable bonds is 4. The van der Waals surface area contributed by atoms with Crippen LogP contribution in [0.4, 0.5) is 11.6 Å². The van der Waals surface area contributed by atoms with Crippen LogP contribution in [0.25, 0.3) is 11.2 Å². The molecule has 3 aromatic rings. The molecule has 0 fully saturated rings. The van der Waals surface area contributed by atoms with Gasteiger partial charge < -0.3 is 24.1 Å². The van der Waals surface area contributed by atoms with Crippen LogP contribution >= 0.6 is 0 Å². The molecular formula is C19H20N5O5-. The third-order valence-electron chi connectivity index (χ3n) is 5.11. The molecule has 1 aliphatic rings. The number of hydrogen-bond donors (Lipinski definition) is 0. The first kappa shape index (κ1) is 18.8. The fourth-order valence-electron chi connectivity index (χ4n) is 3.75. The van der Waals surface area contributed by atoms with Crippen molar-refractivity contribution in [2.45, 2.75) is 20.0 Å². The monoisotopic (exact) mass is 398 g/mol. The van der Waals surface area contributed by atoms with Gasteiger partial charge in [0.2, 0.25) is 5.95 Å². The van der Waals surface area contributed by atoms with Crippen LogP contribution in [0.1, 0.15) is 6.92 Å². The number of hydrogen-bond acceptors (Lipinski definition) is 7. The standard InChI is InChI=1S/C19H21N5O5/c1-11-8-22(12-4-6-13(29-3)7-5-12)18-20-16-15(23(18)9-11)17(27)24(10-14(25)26)19(28)21(16)2/h4-7,11H,8-10H2,1-3H3,(H,25,26)/p-1/t11-/m0/s1. The van der Waals surface area contributed by atoms with Gasteiger partial charge in [-0.1, -0.05) is 6.92 Å². The van der Waals surface area contributed by atoms with Gasteiger partial charge in [0.25, 0.3) is 5.56 Å². The van der Waals surface area contributed by atoms with Gasteiger partial charge in [0.05, 0.1) is 19.6 Å². The molecule has 0 amide bonds. The topological polar surface area (TPSA) is 114 Å². The van der Waals surface area contributed by atoms with E-state index in [-0.39, 0.29) is 17.1 Å². The van der Waals surface area contributed by atoms with Gasteiger partial charge >= 0.3 is 5.69 Å². The van der Waals surface area contributed by atoms with Crippen molar-refractivity contribution in [3.8, 4) is 5.75 Å². The molecular weight excluding hydrogens is 378 g/mol. The minimum Gasteiger partial charge on any atom is -0.548 e. The molecule has 1 aliphatic heterocycles. The van der Waals surface area contributed by atoms with E-state index in [0.29, 0.717) is 23.6 Å². The Morgan fingerprint density at radius 2 is 1.93 bits per heavy atom. The molecule has 0 saturated heterocycles. The summed E-state index contributed by atoms with van der Waals surface area (Å²) < 4.78 is 8.83. The van der Waals surface area contributed by atoms with Crippen LogP contribution in [0.5, 0.6) is 5.75 Å². The van der Waals surface area contributed by atoms with E-state index in [4.69, 9.17) is 4.74 Å². The Morgan fingerprint density at radius 1 is 1.24 bits per heavy atom. The van der Waals surface area contributed by atoms with E-state index >= 15 is 0 Å². The van der Waals surface area contributed by atoms with Gasteiger partial charge in [-0.3, -0.25) is 13.9 Å². The van der Waals surface area contributed by atoms with E-state index in [1.165, 1.54) is 11.6 Å². The lowest BCUT2D eigenvalue weighted by atomic mass is 10.1. The third-order valence-corrected chi connectivity index (χ3v) is 5.11. The first-order chi connectivity index (χ1) is 13.8. The maximum atomic E-state index is 13.0. The fraction of sp³-hybridized carbons (Fsp3) is 0.368. The Morgan fingerprint density at radius 3 is 2.55 bits per heavy atom. The minimum atomic E-state index is -1.50. The average Bonchev–Trinajstić information content (AvgIpc) is 3.08. The maximum absolute atomic E-state index is 13.0. The second-order valence-corrected chi connectivity index (χ2v) is 7.21. The van der Waals surface area contributed by atoms with Crippen LogP contribution in [0.15, 0.2) is 33.9 Å². The molecule has 2 aromatic heterocycles. The van der Waals surface area contributed by atoms with Crippen molar-refractivity contribution < 1.29 is 14.6 Å². The molecule has 10 heteroatoms. The average molecular weight is 398 g/mol. The number of ether oxygens (including phenoxy) is 1. The summed E-state index contributed by atoms with van der Waals surface area (Å²) in [4.78, 5) is 43.0. The van der Waals surface area contributed by atoms with Crippen molar-refractivity contribution in [2.24, 2.45) is 13.0 Å². The summed E-state index contributed by atoms with van der Waals surface area (Å²) in [5, 5.41) is 11.0. The van der Waals surface area contributed by atoms with Crippen molar-refractivity contribution in [3.05, 3.63) is 45.1 Å². The molecule has 0 radical (unpaired) electrons. The normalized spacial score (nSPS) is 16.1. The third kappa shape index (κ3) is 2.96. The minimum absolute atomic E-state index is 0.188. The number of imidazole rings is 1. The summed E-state index contributed by atoms with van der Waals surface area (Å²) >= 11 is 0. The Labute approximate surface area is 165 Å². The van der Waals surface area contributed by atoms with E-state index in [0.717, 1.165) is 11.4 Å². The van der Waals surface area contributed by atoms with Gasteiger partial charge in [0.15, 0.2) is 11.2 Å². The first-order valence-corrected chi connectivity index (χ1v) is 9.13. The highest BCUT2D eigenvalue weighted by atomic mass is 16.5. The number of carboxylic acids is 1. The van der Waals surface area contributed by atoms with Crippen LogP contribution in [0.2, 0.25) is 0 Å². The zero-order valence-electron chi connectivity index (χ0n) is 16.3. The lowest BCUT2D eigenvalue weighted by Gasteiger charge is -2.33. The van der Waals surface area contributed by atoms with Crippen molar-refractivity contribution in [2.75, 3.05) is 18.6 Å². The van der Waals surface area contributed by atoms with Crippen molar-refractivity contribution >= 4 is 28.8 Å². The van der Waals surface area contributed by atoms with Crippen molar-refractivity contribution in [3.63, 3.8) is 0 Å². The summed E-state index contributed by atoms with van der Waals surface area (Å²) in [6.45, 7) is 2.45. The Bertz CT molecular complexity index is 1220. The van der Waals surface area contributed by atoms with Gasteiger partial charge in [0.1, 0.15) is 5.75 Å². The van der Waals surface area contributed by atoms with E-state index < -0.39 is 23.8 Å². The first-order valence-electron chi connectivity index (χ1n) is 9.13. The van der Waals surface area contributed by atoms with E-state index in [1.54, 1.807) is 11.7 Å². The zero-order valence-corrected chi connectivity index (χ0v) is 16.3. The number of aryl methyl sites for hydroxylation is 1. The molecule has 4 rings (SSSR count). The molecule has 0 unspecified atom stereocenters. The van der Waals surface area contributed by atoms with Crippen LogP contribution in [0.3, 0.4) is 0 Å². The van der Waals surface area contributed by atoms with E-state index in [1.807, 2.05) is 36.1 Å². The number of anilines is 2. The van der Waals surface area contributed by atoms with Crippen LogP contribution in [0, 0.1) is 5.92 Å². The van der Waals surface area contributed by atoms with Gasteiger partial charge in [-0.15, -0.1) is 0 Å². The molecule has 152 valence electrons. The summed E-state index contributed by atoms with van der Waals surface area (Å²) in [5.41, 5.74) is -0.138. The number of nitrogens with zero attached hydrogens (tertiary/aromatic N) is 5. The summed E-state index contributed by atoms with van der Waals surface area (Å²) in [6.07, 6.45) is 0.